The number of carbonyl (C=O) groups is 2. The van der Waals surface area contributed by atoms with Crippen molar-refractivity contribution in [3.8, 4) is 0 Å². The van der Waals surface area contributed by atoms with Crippen LogP contribution >= 0.6 is 23.1 Å². The molecule has 0 saturated heterocycles. The van der Waals surface area contributed by atoms with Crippen molar-refractivity contribution in [2.75, 3.05) is 10.6 Å². The fourth-order valence-electron chi connectivity index (χ4n) is 2.21. The lowest BCUT2D eigenvalue weighted by atomic mass is 10.1. The first-order chi connectivity index (χ1) is 11.7. The zero-order chi connectivity index (χ0) is 18.2. The molecule has 5 nitrogen and oxygen atoms in total. The Kier molecular flexibility index (Phi) is 4.74. The Bertz CT molecular complexity index is 836. The third-order valence-corrected chi connectivity index (χ3v) is 5.51. The maximum atomic E-state index is 12.7. The number of aromatic nitrogens is 1. The van der Waals surface area contributed by atoms with E-state index in [0.717, 1.165) is 29.6 Å². The van der Waals surface area contributed by atoms with E-state index < -0.39 is 22.9 Å². The molecule has 0 saturated carbocycles. The summed E-state index contributed by atoms with van der Waals surface area (Å²) < 4.78 is 38.2. The Hall–Kier alpha value is -2.07. The zero-order valence-corrected chi connectivity index (χ0v) is 14.4. The molecule has 25 heavy (non-hydrogen) atoms. The lowest BCUT2D eigenvalue weighted by Gasteiger charge is -2.24. The van der Waals surface area contributed by atoms with E-state index >= 15 is 0 Å². The fraction of sp³-hybridized carbons (Fsp3) is 0.267. The van der Waals surface area contributed by atoms with Gasteiger partial charge < -0.3 is 10.6 Å². The third-order valence-electron chi connectivity index (χ3n) is 3.36. The summed E-state index contributed by atoms with van der Waals surface area (Å²) in [5.74, 6) is -0.875. The van der Waals surface area contributed by atoms with Gasteiger partial charge in [-0.05, 0) is 25.1 Å². The van der Waals surface area contributed by atoms with Gasteiger partial charge in [0, 0.05) is 16.7 Å². The molecule has 0 fully saturated rings. The molecular formula is C15H12F3N3O2S2. The number of nitrogens with one attached hydrogen (secondary N) is 2. The number of thiazole rings is 1. The van der Waals surface area contributed by atoms with Crippen LogP contribution < -0.4 is 10.6 Å². The Labute approximate surface area is 149 Å². The molecule has 0 aliphatic carbocycles. The van der Waals surface area contributed by atoms with Crippen molar-refractivity contribution in [1.82, 2.24) is 4.98 Å². The number of rotatable bonds is 3. The predicted molar refractivity (Wildman–Crippen MR) is 89.8 cm³/mol. The number of thioether (sulfide) groups is 1. The lowest BCUT2D eigenvalue weighted by Crippen LogP contribution is -2.32. The van der Waals surface area contributed by atoms with E-state index in [0.29, 0.717) is 10.0 Å². The summed E-state index contributed by atoms with van der Waals surface area (Å²) in [6.07, 6.45) is -4.58. The highest BCUT2D eigenvalue weighted by atomic mass is 32.2. The van der Waals surface area contributed by atoms with Gasteiger partial charge in [-0.15, -0.1) is 23.1 Å². The Morgan fingerprint density at radius 1 is 1.40 bits per heavy atom. The number of benzene rings is 1. The SMILES string of the molecule is Cc1csc(NC(=O)CC2Sc3ccc(C(F)(F)F)cc3NC2=O)n1. The van der Waals surface area contributed by atoms with Gasteiger partial charge in [-0.1, -0.05) is 0 Å². The topological polar surface area (TPSA) is 71.1 Å². The van der Waals surface area contributed by atoms with Gasteiger partial charge in [0.1, 0.15) is 0 Å². The Balaban J connectivity index is 1.69. The van der Waals surface area contributed by atoms with Crippen LogP contribution in [0.5, 0.6) is 0 Å². The van der Waals surface area contributed by atoms with Crippen LogP contribution in [0.4, 0.5) is 24.0 Å². The van der Waals surface area contributed by atoms with Crippen molar-refractivity contribution in [1.29, 1.82) is 0 Å². The molecule has 2 amide bonds. The summed E-state index contributed by atoms with van der Waals surface area (Å²) in [7, 11) is 0. The summed E-state index contributed by atoms with van der Waals surface area (Å²) >= 11 is 2.35. The fourth-order valence-corrected chi connectivity index (χ4v) is 4.01. The number of hydrogen-bond acceptors (Lipinski definition) is 5. The first-order valence-corrected chi connectivity index (χ1v) is 8.89. The molecule has 0 spiro atoms. The van der Waals surface area contributed by atoms with Crippen LogP contribution in [-0.4, -0.2) is 22.0 Å². The van der Waals surface area contributed by atoms with Gasteiger partial charge in [0.25, 0.3) is 0 Å². The third kappa shape index (κ3) is 4.13. The minimum atomic E-state index is -4.48. The molecule has 3 rings (SSSR count). The van der Waals surface area contributed by atoms with E-state index in [2.05, 4.69) is 15.6 Å². The van der Waals surface area contributed by atoms with Gasteiger partial charge in [0.05, 0.1) is 22.2 Å². The van der Waals surface area contributed by atoms with Gasteiger partial charge in [-0.25, -0.2) is 4.98 Å². The first kappa shape index (κ1) is 17.7. The number of anilines is 2. The minimum absolute atomic E-state index is 0.102. The summed E-state index contributed by atoms with van der Waals surface area (Å²) in [6, 6.07) is 3.16. The minimum Gasteiger partial charge on any atom is -0.324 e. The number of amides is 2. The quantitative estimate of drug-likeness (QED) is 0.838. The lowest BCUT2D eigenvalue weighted by molar-refractivity contribution is -0.137. The maximum absolute atomic E-state index is 12.7. The van der Waals surface area contributed by atoms with E-state index in [4.69, 9.17) is 0 Å². The van der Waals surface area contributed by atoms with Gasteiger partial charge in [-0.2, -0.15) is 13.2 Å². The number of halogens is 3. The smallest absolute Gasteiger partial charge is 0.324 e. The monoisotopic (exact) mass is 387 g/mol. The molecule has 0 bridgehead atoms. The van der Waals surface area contributed by atoms with E-state index in [1.54, 1.807) is 12.3 Å². The van der Waals surface area contributed by atoms with E-state index in [1.807, 2.05) is 0 Å². The zero-order valence-electron chi connectivity index (χ0n) is 12.8. The molecule has 2 N–H and O–H groups in total. The second-order valence-corrected chi connectivity index (χ2v) is 7.45. The number of nitrogens with zero attached hydrogens (tertiary/aromatic N) is 1. The molecule has 1 unspecified atom stereocenters. The average molecular weight is 387 g/mol. The van der Waals surface area contributed by atoms with Crippen molar-refractivity contribution in [3.63, 3.8) is 0 Å². The number of aryl methyl sites for hydroxylation is 1. The highest BCUT2D eigenvalue weighted by Gasteiger charge is 2.34. The highest BCUT2D eigenvalue weighted by Crippen LogP contribution is 2.40. The van der Waals surface area contributed by atoms with Gasteiger partial charge in [-0.3, -0.25) is 9.59 Å². The summed E-state index contributed by atoms with van der Waals surface area (Å²) in [5.41, 5.74) is 0.0546. The highest BCUT2D eigenvalue weighted by molar-refractivity contribution is 8.01. The van der Waals surface area contributed by atoms with E-state index in [1.165, 1.54) is 17.4 Å². The molecular weight excluding hydrogens is 375 g/mol. The summed E-state index contributed by atoms with van der Waals surface area (Å²) in [6.45, 7) is 1.79. The number of alkyl halides is 3. The Morgan fingerprint density at radius 2 is 2.16 bits per heavy atom. The maximum Gasteiger partial charge on any atom is 0.416 e. The van der Waals surface area contributed by atoms with Crippen molar-refractivity contribution in [3.05, 3.63) is 34.8 Å². The predicted octanol–water partition coefficient (Wildman–Crippen LogP) is 3.91. The molecule has 1 aromatic carbocycles. The van der Waals surface area contributed by atoms with E-state index in [-0.39, 0.29) is 18.0 Å². The van der Waals surface area contributed by atoms with Crippen LogP contribution in [0.3, 0.4) is 0 Å². The second-order valence-electron chi connectivity index (χ2n) is 5.35. The van der Waals surface area contributed by atoms with Crippen molar-refractivity contribution >= 4 is 45.7 Å². The van der Waals surface area contributed by atoms with Crippen LogP contribution in [0, 0.1) is 6.92 Å². The van der Waals surface area contributed by atoms with Gasteiger partial charge in [0.15, 0.2) is 5.13 Å². The van der Waals surface area contributed by atoms with Crippen molar-refractivity contribution < 1.29 is 22.8 Å². The molecule has 0 radical (unpaired) electrons. The van der Waals surface area contributed by atoms with Crippen LogP contribution in [0.15, 0.2) is 28.5 Å². The summed E-state index contributed by atoms with van der Waals surface area (Å²) in [5, 5.41) is 6.56. The molecule has 1 atom stereocenters. The number of carbonyl (C=O) groups excluding carboxylic acids is 2. The Morgan fingerprint density at radius 3 is 2.80 bits per heavy atom. The van der Waals surface area contributed by atoms with Crippen LogP contribution in [-0.2, 0) is 15.8 Å². The average Bonchev–Trinajstić information content (AvgIpc) is 2.91. The van der Waals surface area contributed by atoms with Crippen LogP contribution in [0.1, 0.15) is 17.7 Å². The standard InChI is InChI=1S/C15H12F3N3O2S2/c1-7-6-24-14(19-7)21-12(22)5-11-13(23)20-9-4-8(15(16,17)18)2-3-10(9)25-11/h2-4,6,11H,5H2,1H3,(H,20,23)(H,19,21,22). The molecule has 2 aromatic rings. The molecule has 10 heteroatoms. The van der Waals surface area contributed by atoms with Crippen molar-refractivity contribution in [2.24, 2.45) is 0 Å². The van der Waals surface area contributed by atoms with E-state index in [9.17, 15) is 22.8 Å². The second kappa shape index (κ2) is 6.68. The molecule has 1 aromatic heterocycles. The molecule has 1 aliphatic rings. The molecule has 1 aliphatic heterocycles. The number of hydrogen-bond donors (Lipinski definition) is 2. The molecule has 2 heterocycles. The molecule has 132 valence electrons. The first-order valence-electron chi connectivity index (χ1n) is 7.13. The van der Waals surface area contributed by atoms with Gasteiger partial charge >= 0.3 is 6.18 Å². The van der Waals surface area contributed by atoms with Crippen LogP contribution in [0.25, 0.3) is 0 Å². The normalized spacial score (nSPS) is 17.0. The largest absolute Gasteiger partial charge is 0.416 e. The van der Waals surface area contributed by atoms with Crippen molar-refractivity contribution in [2.45, 2.75) is 29.7 Å². The summed E-state index contributed by atoms with van der Waals surface area (Å²) in [4.78, 5) is 28.8. The van der Waals surface area contributed by atoms with Gasteiger partial charge in [0.2, 0.25) is 11.8 Å². The number of fused-ring (bicyclic) bond motifs is 1. The van der Waals surface area contributed by atoms with Crippen LogP contribution in [0.2, 0.25) is 0 Å².